The van der Waals surface area contributed by atoms with Gasteiger partial charge in [0, 0.05) is 25.2 Å². The van der Waals surface area contributed by atoms with E-state index in [0.717, 1.165) is 9.80 Å². The van der Waals surface area contributed by atoms with Crippen LogP contribution >= 0.6 is 11.8 Å². The van der Waals surface area contributed by atoms with Crippen molar-refractivity contribution in [3.63, 3.8) is 0 Å². The summed E-state index contributed by atoms with van der Waals surface area (Å²) in [5, 5.41) is 12.9. The van der Waals surface area contributed by atoms with Crippen molar-refractivity contribution in [2.75, 3.05) is 19.6 Å². The number of rotatable bonds is 6. The van der Waals surface area contributed by atoms with E-state index < -0.39 is 63.9 Å². The van der Waals surface area contributed by atoms with Gasteiger partial charge in [0.15, 0.2) is 0 Å². The molecule has 37 heavy (non-hydrogen) atoms. The van der Waals surface area contributed by atoms with Crippen molar-refractivity contribution < 1.29 is 38.7 Å². The Balaban J connectivity index is 1.53. The lowest BCUT2D eigenvalue weighted by atomic mass is 10.0. The van der Waals surface area contributed by atoms with Gasteiger partial charge in [-0.3, -0.25) is 33.8 Å². The van der Waals surface area contributed by atoms with Gasteiger partial charge in [-0.2, -0.15) is 0 Å². The van der Waals surface area contributed by atoms with Crippen molar-refractivity contribution >= 4 is 52.5 Å². The first-order chi connectivity index (χ1) is 17.6. The number of benzene rings is 1. The highest BCUT2D eigenvalue weighted by molar-refractivity contribution is 8.14. The summed E-state index contributed by atoms with van der Waals surface area (Å²) in [7, 11) is 0. The Hall–Kier alpha value is -4.20. The number of urea groups is 1. The number of carbonyl (C=O) groups excluding carboxylic acids is 6. The summed E-state index contributed by atoms with van der Waals surface area (Å²) in [5.41, 5.74) is -0.187. The van der Waals surface area contributed by atoms with E-state index in [4.69, 9.17) is 0 Å². The van der Waals surface area contributed by atoms with Gasteiger partial charge in [-0.05, 0) is 19.4 Å². The fourth-order valence-corrected chi connectivity index (χ4v) is 5.38. The van der Waals surface area contributed by atoms with Crippen molar-refractivity contribution in [2.24, 2.45) is 0 Å². The Labute approximate surface area is 214 Å². The number of carboxylic acid groups (broad SMARTS) is 1. The predicted octanol–water partition coefficient (Wildman–Crippen LogP) is -0.587. The number of piperazine rings is 1. The number of nitrogens with one attached hydrogen (secondary N) is 2. The van der Waals surface area contributed by atoms with Crippen LogP contribution in [0.25, 0.3) is 0 Å². The Morgan fingerprint density at radius 2 is 1.76 bits per heavy atom. The lowest BCUT2D eigenvalue weighted by Gasteiger charge is -2.48. The van der Waals surface area contributed by atoms with E-state index in [1.807, 2.05) is 0 Å². The molecular formula is C23H23N5O8S. The third kappa shape index (κ3) is 4.55. The number of carbonyl (C=O) groups is 7. The minimum atomic E-state index is -1.44. The molecule has 2 unspecified atom stereocenters. The predicted molar refractivity (Wildman–Crippen MR) is 127 cm³/mol. The van der Waals surface area contributed by atoms with E-state index in [-0.39, 0.29) is 18.7 Å². The minimum Gasteiger partial charge on any atom is -0.477 e. The van der Waals surface area contributed by atoms with E-state index >= 15 is 0 Å². The van der Waals surface area contributed by atoms with E-state index in [1.165, 1.54) is 11.8 Å². The normalized spacial score (nSPS) is 22.4. The first-order valence-electron chi connectivity index (χ1n) is 11.3. The highest BCUT2D eigenvalue weighted by Crippen LogP contribution is 2.41. The molecule has 3 atom stereocenters. The quantitative estimate of drug-likeness (QED) is 0.322. The molecule has 4 rings (SSSR count). The van der Waals surface area contributed by atoms with Crippen molar-refractivity contribution in [3.8, 4) is 0 Å². The summed E-state index contributed by atoms with van der Waals surface area (Å²) in [6.45, 7) is 3.40. The zero-order chi connectivity index (χ0) is 27.0. The number of β-lactam (4-membered cyclic amide) rings is 1. The monoisotopic (exact) mass is 529 g/mol. The average molecular weight is 530 g/mol. The van der Waals surface area contributed by atoms with Crippen LogP contribution in [0.15, 0.2) is 41.6 Å². The Bertz CT molecular complexity index is 1250. The van der Waals surface area contributed by atoms with Crippen LogP contribution in [0.4, 0.5) is 4.79 Å². The zero-order valence-electron chi connectivity index (χ0n) is 19.8. The highest BCUT2D eigenvalue weighted by Gasteiger charge is 2.56. The fourth-order valence-electron chi connectivity index (χ4n) is 4.25. The standard InChI is InChI=1S/C23H23N5O8S/c1-3-26-9-10-27(19(32)18(26)31)23(36)25-13(12-7-5-4-6-8-12)16(29)24-14-17(30)28-15(21(33)34)11(2)22(35)37-20(14)28/h4-8,13-14,20H,3,9-10H2,1-2H3,(H,24,29)(H,25,36)(H,33,34)/t13?,14?,20-/m0/s1. The lowest BCUT2D eigenvalue weighted by Crippen LogP contribution is -2.71. The second kappa shape index (κ2) is 10.0. The van der Waals surface area contributed by atoms with E-state index in [9.17, 15) is 38.7 Å². The highest BCUT2D eigenvalue weighted by atomic mass is 32.2. The zero-order valence-corrected chi connectivity index (χ0v) is 20.6. The second-order valence-electron chi connectivity index (χ2n) is 8.40. The van der Waals surface area contributed by atoms with Gasteiger partial charge in [0.2, 0.25) is 11.0 Å². The molecule has 0 aliphatic carbocycles. The molecule has 1 aromatic rings. The van der Waals surface area contributed by atoms with Crippen molar-refractivity contribution in [1.82, 2.24) is 25.3 Å². The molecule has 3 N–H and O–H groups in total. The van der Waals surface area contributed by atoms with E-state index in [1.54, 1.807) is 37.3 Å². The number of fused-ring (bicyclic) bond motifs is 1. The second-order valence-corrected chi connectivity index (χ2v) is 9.49. The summed E-state index contributed by atoms with van der Waals surface area (Å²) in [6.07, 6.45) is 0. The molecular weight excluding hydrogens is 506 g/mol. The third-order valence-electron chi connectivity index (χ3n) is 6.27. The smallest absolute Gasteiger partial charge is 0.353 e. The molecule has 2 fully saturated rings. The molecule has 3 aliphatic rings. The fraction of sp³-hybridized carbons (Fsp3) is 0.348. The maximum atomic E-state index is 13.3. The van der Waals surface area contributed by atoms with Crippen molar-refractivity contribution in [3.05, 3.63) is 47.2 Å². The Morgan fingerprint density at radius 1 is 1.08 bits per heavy atom. The Morgan fingerprint density at radius 3 is 2.38 bits per heavy atom. The average Bonchev–Trinajstić information content (AvgIpc) is 2.88. The number of thioether (sulfide) groups is 1. The summed E-state index contributed by atoms with van der Waals surface area (Å²) in [5.74, 6) is -4.83. The molecule has 194 valence electrons. The van der Waals surface area contributed by atoms with Gasteiger partial charge >= 0.3 is 23.8 Å². The molecule has 3 heterocycles. The molecule has 0 radical (unpaired) electrons. The van der Waals surface area contributed by atoms with Crippen LogP contribution in [0.5, 0.6) is 0 Å². The number of imide groups is 1. The van der Waals surface area contributed by atoms with Crippen LogP contribution in [0, 0.1) is 0 Å². The summed E-state index contributed by atoms with van der Waals surface area (Å²) >= 11 is 0.714. The molecule has 0 bridgehead atoms. The molecule has 1 aromatic carbocycles. The molecule has 13 nitrogen and oxygen atoms in total. The van der Waals surface area contributed by atoms with Gasteiger partial charge in [-0.15, -0.1) is 0 Å². The van der Waals surface area contributed by atoms with Crippen LogP contribution < -0.4 is 10.6 Å². The third-order valence-corrected chi connectivity index (χ3v) is 7.52. The van der Waals surface area contributed by atoms with Gasteiger partial charge in [0.1, 0.15) is 23.2 Å². The van der Waals surface area contributed by atoms with Crippen molar-refractivity contribution in [2.45, 2.75) is 31.3 Å². The SMILES string of the molecule is CCN1CCN(C(=O)NC(C(=O)NC2C(=O)N3C(C(=O)O)=C(C)C(=O)S[C@@H]23)c2ccccc2)C(=O)C1=O. The largest absolute Gasteiger partial charge is 0.477 e. The van der Waals surface area contributed by atoms with Crippen LogP contribution in [0.3, 0.4) is 0 Å². The number of carboxylic acids is 1. The molecule has 0 saturated carbocycles. The number of aliphatic carboxylic acids is 1. The molecule has 6 amide bonds. The molecule has 3 aliphatic heterocycles. The number of nitrogens with zero attached hydrogens (tertiary/aromatic N) is 3. The molecule has 0 spiro atoms. The minimum absolute atomic E-state index is 0.0616. The van der Waals surface area contributed by atoms with Gasteiger partial charge in [-0.1, -0.05) is 42.1 Å². The molecule has 0 aromatic heterocycles. The van der Waals surface area contributed by atoms with Gasteiger partial charge in [0.25, 0.3) is 5.91 Å². The van der Waals surface area contributed by atoms with Crippen LogP contribution in [-0.2, 0) is 28.8 Å². The van der Waals surface area contributed by atoms with Crippen LogP contribution in [-0.4, -0.2) is 91.6 Å². The topological polar surface area (TPSA) is 174 Å². The van der Waals surface area contributed by atoms with Crippen LogP contribution in [0.2, 0.25) is 0 Å². The van der Waals surface area contributed by atoms with Gasteiger partial charge in [0.05, 0.1) is 0 Å². The summed E-state index contributed by atoms with van der Waals surface area (Å²) < 4.78 is 0. The first-order valence-corrected chi connectivity index (χ1v) is 12.2. The van der Waals surface area contributed by atoms with Crippen LogP contribution in [0.1, 0.15) is 25.5 Å². The Kier molecular flexibility index (Phi) is 7.03. The summed E-state index contributed by atoms with van der Waals surface area (Å²) in [6, 6.07) is 4.49. The first kappa shape index (κ1) is 25.9. The number of amides is 6. The van der Waals surface area contributed by atoms with E-state index in [0.29, 0.717) is 23.9 Å². The van der Waals surface area contributed by atoms with Gasteiger partial charge in [-0.25, -0.2) is 9.59 Å². The molecule has 2 saturated heterocycles. The number of hydrogen-bond acceptors (Lipinski definition) is 8. The maximum Gasteiger partial charge on any atom is 0.353 e. The number of likely N-dealkylation sites (N-methyl/N-ethyl adjacent to an activating group) is 1. The van der Waals surface area contributed by atoms with Crippen molar-refractivity contribution in [1.29, 1.82) is 0 Å². The summed E-state index contributed by atoms with van der Waals surface area (Å²) in [4.78, 5) is 90.5. The van der Waals surface area contributed by atoms with Gasteiger partial charge < -0.3 is 20.6 Å². The molecule has 14 heteroatoms. The number of hydrogen-bond donors (Lipinski definition) is 3. The maximum absolute atomic E-state index is 13.3. The lowest BCUT2D eigenvalue weighted by molar-refractivity contribution is -0.153. The van der Waals surface area contributed by atoms with E-state index in [2.05, 4.69) is 10.6 Å².